The van der Waals surface area contributed by atoms with Gasteiger partial charge in [0, 0.05) is 86.3 Å². The molecule has 3 aromatic carbocycles. The van der Waals surface area contributed by atoms with Gasteiger partial charge in [-0.25, -0.2) is 0 Å². The average molecular weight is 600 g/mol. The smallest absolute Gasteiger partial charge is 0.0964 e. The number of hydrogen-bond acceptors (Lipinski definition) is 6. The van der Waals surface area contributed by atoms with Crippen molar-refractivity contribution in [1.82, 2.24) is 29.9 Å². The van der Waals surface area contributed by atoms with Crippen molar-refractivity contribution < 1.29 is 16.8 Å². The first kappa shape index (κ1) is 27.8. The summed E-state index contributed by atoms with van der Waals surface area (Å²) < 4.78 is 0. The minimum absolute atomic E-state index is 0. The Morgan fingerprint density at radius 1 is 0.233 bits per heavy atom. The van der Waals surface area contributed by atoms with Crippen molar-refractivity contribution in [3.8, 4) is 0 Å². The van der Waals surface area contributed by atoms with Gasteiger partial charge in [-0.2, -0.15) is 0 Å². The van der Waals surface area contributed by atoms with Gasteiger partial charge in [-0.1, -0.05) is 72.8 Å². The van der Waals surface area contributed by atoms with Gasteiger partial charge in [0.2, 0.25) is 0 Å². The first-order valence-electron chi connectivity index (χ1n) is 13.6. The fraction of sp³-hybridized carbons (Fsp3) is 0. The van der Waals surface area contributed by atoms with Crippen LogP contribution in [0.15, 0.2) is 146 Å². The van der Waals surface area contributed by atoms with E-state index in [1.807, 2.05) is 36.4 Å². The van der Waals surface area contributed by atoms with Crippen LogP contribution in [0.4, 0.5) is 0 Å². The van der Waals surface area contributed by atoms with E-state index >= 15 is 0 Å². The topological polar surface area (TPSA) is 77.3 Å². The SMILES string of the molecule is [Co].c1cnc2c(c1)ccc1cccnc12.c1cnc2c(c1)ccc1cccnc12.c1cnc2c(c1)ccc1cccnc12. The van der Waals surface area contributed by atoms with Crippen LogP contribution >= 0.6 is 0 Å². The molecule has 0 saturated carbocycles. The second-order valence-corrected chi connectivity index (χ2v) is 9.65. The summed E-state index contributed by atoms with van der Waals surface area (Å²) in [5.41, 5.74) is 5.86. The third kappa shape index (κ3) is 5.72. The monoisotopic (exact) mass is 599 g/mol. The van der Waals surface area contributed by atoms with Crippen molar-refractivity contribution >= 4 is 65.4 Å². The van der Waals surface area contributed by atoms with Gasteiger partial charge in [0.15, 0.2) is 0 Å². The van der Waals surface area contributed by atoms with Gasteiger partial charge in [0.25, 0.3) is 0 Å². The molecule has 0 amide bonds. The summed E-state index contributed by atoms with van der Waals surface area (Å²) in [4.78, 5) is 26.1. The molecular weight excluding hydrogens is 575 g/mol. The molecule has 0 spiro atoms. The van der Waals surface area contributed by atoms with Crippen molar-refractivity contribution in [2.45, 2.75) is 0 Å². The Balaban J connectivity index is 0.000000113. The molecule has 0 aliphatic carbocycles. The zero-order valence-electron chi connectivity index (χ0n) is 22.9. The van der Waals surface area contributed by atoms with Crippen LogP contribution < -0.4 is 0 Å². The van der Waals surface area contributed by atoms with Crippen LogP contribution in [-0.2, 0) is 16.8 Å². The molecule has 0 bridgehead atoms. The fourth-order valence-electron chi connectivity index (χ4n) is 5.04. The summed E-state index contributed by atoms with van der Waals surface area (Å²) in [7, 11) is 0. The third-order valence-electron chi connectivity index (χ3n) is 7.03. The molecule has 1 radical (unpaired) electrons. The molecule has 7 heteroatoms. The van der Waals surface area contributed by atoms with E-state index in [1.165, 1.54) is 0 Å². The number of pyridine rings is 6. The second-order valence-electron chi connectivity index (χ2n) is 9.65. The van der Waals surface area contributed by atoms with Crippen LogP contribution in [0.1, 0.15) is 0 Å². The minimum atomic E-state index is 0. The maximum absolute atomic E-state index is 4.35. The van der Waals surface area contributed by atoms with Gasteiger partial charge in [0.05, 0.1) is 33.1 Å². The first-order chi connectivity index (χ1) is 20.8. The van der Waals surface area contributed by atoms with E-state index in [4.69, 9.17) is 0 Å². The summed E-state index contributed by atoms with van der Waals surface area (Å²) in [6.07, 6.45) is 10.8. The van der Waals surface area contributed by atoms with Crippen LogP contribution in [0.2, 0.25) is 0 Å². The van der Waals surface area contributed by atoms with Crippen molar-refractivity contribution in [3.05, 3.63) is 146 Å². The Labute approximate surface area is 257 Å². The van der Waals surface area contributed by atoms with Crippen molar-refractivity contribution in [1.29, 1.82) is 0 Å². The predicted octanol–water partition coefficient (Wildman–Crippen LogP) is 8.35. The van der Waals surface area contributed by atoms with Gasteiger partial charge >= 0.3 is 0 Å². The van der Waals surface area contributed by atoms with Gasteiger partial charge in [-0.15, -0.1) is 0 Å². The molecule has 6 heterocycles. The second kappa shape index (κ2) is 12.6. The number of hydrogen-bond donors (Lipinski definition) is 0. The Hall–Kier alpha value is -5.37. The van der Waals surface area contributed by atoms with E-state index in [0.717, 1.165) is 65.4 Å². The fourth-order valence-corrected chi connectivity index (χ4v) is 5.04. The van der Waals surface area contributed by atoms with Crippen LogP contribution in [-0.4, -0.2) is 29.9 Å². The van der Waals surface area contributed by atoms with E-state index < -0.39 is 0 Å². The maximum atomic E-state index is 4.35. The number of aromatic nitrogens is 6. The Bertz CT molecular complexity index is 1910. The number of nitrogens with zero attached hydrogens (tertiary/aromatic N) is 6. The number of fused-ring (bicyclic) bond motifs is 9. The summed E-state index contributed by atoms with van der Waals surface area (Å²) in [6, 6.07) is 36.4. The number of benzene rings is 3. The van der Waals surface area contributed by atoms with E-state index in [-0.39, 0.29) is 16.8 Å². The molecule has 0 unspecified atom stereocenters. The largest absolute Gasteiger partial charge is 0.254 e. The molecule has 6 aromatic heterocycles. The Morgan fingerprint density at radius 2 is 0.395 bits per heavy atom. The summed E-state index contributed by atoms with van der Waals surface area (Å²) in [6.45, 7) is 0. The molecule has 9 aromatic rings. The van der Waals surface area contributed by atoms with Crippen molar-refractivity contribution in [2.24, 2.45) is 0 Å². The number of rotatable bonds is 0. The van der Waals surface area contributed by atoms with Crippen LogP contribution in [0.3, 0.4) is 0 Å². The molecule has 43 heavy (non-hydrogen) atoms. The van der Waals surface area contributed by atoms with Crippen molar-refractivity contribution in [2.75, 3.05) is 0 Å². The van der Waals surface area contributed by atoms with E-state index in [1.54, 1.807) is 37.2 Å². The quantitative estimate of drug-likeness (QED) is 0.163. The van der Waals surface area contributed by atoms with Crippen LogP contribution in [0.5, 0.6) is 0 Å². The molecule has 0 aliphatic rings. The van der Waals surface area contributed by atoms with Crippen LogP contribution in [0, 0.1) is 0 Å². The average Bonchev–Trinajstić information content (AvgIpc) is 3.09. The molecule has 6 nitrogen and oxygen atoms in total. The zero-order valence-corrected chi connectivity index (χ0v) is 23.9. The Morgan fingerprint density at radius 3 is 0.558 bits per heavy atom. The molecule has 0 saturated heterocycles. The Kier molecular flexibility index (Phi) is 8.17. The van der Waals surface area contributed by atoms with Gasteiger partial charge in [-0.05, 0) is 36.4 Å². The minimum Gasteiger partial charge on any atom is -0.254 e. The summed E-state index contributed by atoms with van der Waals surface area (Å²) >= 11 is 0. The summed E-state index contributed by atoms with van der Waals surface area (Å²) in [5.74, 6) is 0. The standard InChI is InChI=1S/3C12H8N2.Co/c3*1-3-9-5-6-10-4-2-8-14-12(10)11(9)13-7-1;/h3*1-8H;. The van der Waals surface area contributed by atoms with E-state index in [0.29, 0.717) is 0 Å². The molecule has 9 rings (SSSR count). The van der Waals surface area contributed by atoms with Gasteiger partial charge < -0.3 is 0 Å². The molecule has 0 N–H and O–H groups in total. The molecule has 207 valence electrons. The van der Waals surface area contributed by atoms with Gasteiger partial charge in [-0.3, -0.25) is 29.9 Å². The zero-order chi connectivity index (χ0) is 28.1. The van der Waals surface area contributed by atoms with E-state index in [9.17, 15) is 0 Å². The van der Waals surface area contributed by atoms with E-state index in [2.05, 4.69) is 103 Å². The molecule has 0 aliphatic heterocycles. The van der Waals surface area contributed by atoms with Gasteiger partial charge in [0.1, 0.15) is 0 Å². The third-order valence-corrected chi connectivity index (χ3v) is 7.03. The summed E-state index contributed by atoms with van der Waals surface area (Å²) in [5, 5.41) is 6.83. The first-order valence-corrected chi connectivity index (χ1v) is 13.6. The predicted molar refractivity (Wildman–Crippen MR) is 171 cm³/mol. The van der Waals surface area contributed by atoms with Crippen LogP contribution in [0.25, 0.3) is 65.4 Å². The molecular formula is C36H24CoN6. The molecule has 0 atom stereocenters. The normalized spacial score (nSPS) is 10.6. The molecule has 0 fully saturated rings. The van der Waals surface area contributed by atoms with Crippen molar-refractivity contribution in [3.63, 3.8) is 0 Å². The maximum Gasteiger partial charge on any atom is 0.0964 e.